The zero-order chi connectivity index (χ0) is 15.1. The molecule has 5 nitrogen and oxygen atoms in total. The van der Waals surface area contributed by atoms with Crippen molar-refractivity contribution in [2.75, 3.05) is 11.9 Å². The summed E-state index contributed by atoms with van der Waals surface area (Å²) in [6.07, 6.45) is 1.22. The van der Waals surface area contributed by atoms with Crippen molar-refractivity contribution in [1.82, 2.24) is 5.32 Å². The van der Waals surface area contributed by atoms with Gasteiger partial charge in [-0.3, -0.25) is 4.79 Å². The molecule has 110 valence electrons. The Morgan fingerprint density at radius 3 is 2.70 bits per heavy atom. The van der Waals surface area contributed by atoms with Crippen molar-refractivity contribution in [3.63, 3.8) is 0 Å². The molecule has 1 aromatic rings. The number of aliphatic carboxylic acids is 1. The number of rotatable bonds is 6. The molecule has 1 rings (SSSR count). The Labute approximate surface area is 117 Å². The van der Waals surface area contributed by atoms with Crippen LogP contribution in [0.1, 0.15) is 25.3 Å². The number of anilines is 1. The lowest BCUT2D eigenvalue weighted by Crippen LogP contribution is -2.35. The fourth-order valence-electron chi connectivity index (χ4n) is 1.79. The molecule has 0 aliphatic carbocycles. The van der Waals surface area contributed by atoms with E-state index in [4.69, 9.17) is 5.11 Å². The minimum atomic E-state index is -0.936. The van der Waals surface area contributed by atoms with Crippen LogP contribution < -0.4 is 10.6 Å². The smallest absolute Gasteiger partial charge is 0.319 e. The van der Waals surface area contributed by atoms with Gasteiger partial charge >= 0.3 is 12.0 Å². The van der Waals surface area contributed by atoms with Crippen molar-refractivity contribution in [3.8, 4) is 0 Å². The van der Waals surface area contributed by atoms with Gasteiger partial charge in [0.15, 0.2) is 0 Å². The van der Waals surface area contributed by atoms with Crippen molar-refractivity contribution in [2.24, 2.45) is 5.92 Å². The molecule has 1 aromatic carbocycles. The number of halogens is 1. The van der Waals surface area contributed by atoms with Gasteiger partial charge in [0.1, 0.15) is 5.82 Å². The molecule has 0 bridgehead atoms. The predicted octanol–water partition coefficient (Wildman–Crippen LogP) is 2.76. The lowest BCUT2D eigenvalue weighted by molar-refractivity contribution is -0.141. The van der Waals surface area contributed by atoms with Crippen LogP contribution in [0.25, 0.3) is 0 Å². The molecule has 6 heteroatoms. The van der Waals surface area contributed by atoms with Gasteiger partial charge in [-0.25, -0.2) is 9.18 Å². The normalized spacial score (nSPS) is 11.8. The maximum atomic E-state index is 13.3. The molecular formula is C14H19FN2O3. The van der Waals surface area contributed by atoms with Crippen molar-refractivity contribution in [2.45, 2.75) is 26.7 Å². The molecule has 1 unspecified atom stereocenters. The molecule has 0 fully saturated rings. The molecule has 0 aromatic heterocycles. The Bertz CT molecular complexity index is 491. The topological polar surface area (TPSA) is 78.4 Å². The summed E-state index contributed by atoms with van der Waals surface area (Å²) in [7, 11) is 0. The number of amides is 2. The highest BCUT2D eigenvalue weighted by atomic mass is 19.1. The zero-order valence-corrected chi connectivity index (χ0v) is 11.6. The quantitative estimate of drug-likeness (QED) is 0.750. The molecule has 0 saturated heterocycles. The second-order valence-corrected chi connectivity index (χ2v) is 4.57. The number of hydrogen-bond acceptors (Lipinski definition) is 2. The highest BCUT2D eigenvalue weighted by Crippen LogP contribution is 2.17. The molecule has 20 heavy (non-hydrogen) atoms. The summed E-state index contributed by atoms with van der Waals surface area (Å²) < 4.78 is 13.3. The highest BCUT2D eigenvalue weighted by Gasteiger charge is 2.17. The minimum absolute atomic E-state index is 0.0450. The third-order valence-corrected chi connectivity index (χ3v) is 3.01. The van der Waals surface area contributed by atoms with E-state index in [9.17, 15) is 14.0 Å². The van der Waals surface area contributed by atoms with Crippen LogP contribution in [0.3, 0.4) is 0 Å². The molecule has 0 spiro atoms. The van der Waals surface area contributed by atoms with Crippen LogP contribution >= 0.6 is 0 Å². The first-order chi connectivity index (χ1) is 9.45. The summed E-state index contributed by atoms with van der Waals surface area (Å²) in [5, 5.41) is 14.0. The average molecular weight is 282 g/mol. The fraction of sp³-hybridized carbons (Fsp3) is 0.429. The highest BCUT2D eigenvalue weighted by molar-refractivity contribution is 5.90. The van der Waals surface area contributed by atoms with E-state index in [0.717, 1.165) is 6.42 Å². The molecule has 3 N–H and O–H groups in total. The van der Waals surface area contributed by atoms with Gasteiger partial charge < -0.3 is 15.7 Å². The maximum Gasteiger partial charge on any atom is 0.319 e. The van der Waals surface area contributed by atoms with E-state index >= 15 is 0 Å². The summed E-state index contributed by atoms with van der Waals surface area (Å²) in [5.74, 6) is -1.95. The van der Waals surface area contributed by atoms with Crippen molar-refractivity contribution >= 4 is 17.7 Å². The number of urea groups is 1. The number of carboxylic acid groups (broad SMARTS) is 1. The number of carboxylic acids is 1. The van der Waals surface area contributed by atoms with E-state index in [2.05, 4.69) is 10.6 Å². The van der Waals surface area contributed by atoms with Crippen LogP contribution in [0, 0.1) is 18.7 Å². The Kier molecular flexibility index (Phi) is 5.96. The van der Waals surface area contributed by atoms with Gasteiger partial charge in [-0.15, -0.1) is 0 Å². The Balaban J connectivity index is 2.55. The van der Waals surface area contributed by atoms with E-state index in [1.165, 1.54) is 12.1 Å². The van der Waals surface area contributed by atoms with Crippen LogP contribution in [-0.4, -0.2) is 23.7 Å². The largest absolute Gasteiger partial charge is 0.481 e. The number of hydrogen-bond donors (Lipinski definition) is 3. The van der Waals surface area contributed by atoms with Gasteiger partial charge in [0.25, 0.3) is 0 Å². The Hall–Kier alpha value is -2.11. The monoisotopic (exact) mass is 282 g/mol. The van der Waals surface area contributed by atoms with E-state index in [-0.39, 0.29) is 6.54 Å². The van der Waals surface area contributed by atoms with Crippen molar-refractivity contribution in [1.29, 1.82) is 0 Å². The van der Waals surface area contributed by atoms with Gasteiger partial charge in [0, 0.05) is 17.8 Å². The molecule has 0 heterocycles. The van der Waals surface area contributed by atoms with Gasteiger partial charge in [-0.1, -0.05) is 19.4 Å². The molecule has 0 aliphatic heterocycles. The van der Waals surface area contributed by atoms with Crippen LogP contribution in [0.4, 0.5) is 14.9 Å². The first-order valence-electron chi connectivity index (χ1n) is 6.48. The Morgan fingerprint density at radius 2 is 2.10 bits per heavy atom. The third-order valence-electron chi connectivity index (χ3n) is 3.01. The second-order valence-electron chi connectivity index (χ2n) is 4.57. The van der Waals surface area contributed by atoms with Gasteiger partial charge in [0.05, 0.1) is 5.92 Å². The number of benzene rings is 1. The predicted molar refractivity (Wildman–Crippen MR) is 74.2 cm³/mol. The van der Waals surface area contributed by atoms with E-state index in [0.29, 0.717) is 17.7 Å². The molecule has 0 radical (unpaired) electrons. The summed E-state index contributed by atoms with van der Waals surface area (Å²) in [4.78, 5) is 22.6. The fourth-order valence-corrected chi connectivity index (χ4v) is 1.79. The van der Waals surface area contributed by atoms with Gasteiger partial charge in [-0.05, 0) is 25.5 Å². The molecule has 0 saturated carbocycles. The standard InChI is InChI=1S/C14H19FN2O3/c1-3-5-10(13(18)19)8-16-14(20)17-12-7-4-6-11(15)9(12)2/h4,6-7,10H,3,5,8H2,1-2H3,(H,18,19)(H2,16,17,20). The maximum absolute atomic E-state index is 13.3. The van der Waals surface area contributed by atoms with Crippen LogP contribution in [0.2, 0.25) is 0 Å². The summed E-state index contributed by atoms with van der Waals surface area (Å²) >= 11 is 0. The zero-order valence-electron chi connectivity index (χ0n) is 11.6. The molecule has 1 atom stereocenters. The van der Waals surface area contributed by atoms with Gasteiger partial charge in [-0.2, -0.15) is 0 Å². The number of nitrogens with one attached hydrogen (secondary N) is 2. The lowest BCUT2D eigenvalue weighted by atomic mass is 10.0. The number of carbonyl (C=O) groups excluding carboxylic acids is 1. The molecule has 0 aliphatic rings. The second kappa shape index (κ2) is 7.47. The minimum Gasteiger partial charge on any atom is -0.481 e. The summed E-state index contributed by atoms with van der Waals surface area (Å²) in [5.41, 5.74) is 0.704. The molecule has 2 amide bonds. The van der Waals surface area contributed by atoms with Crippen molar-refractivity contribution in [3.05, 3.63) is 29.6 Å². The summed E-state index contributed by atoms with van der Waals surface area (Å²) in [6, 6.07) is 3.84. The van der Waals surface area contributed by atoms with Crippen LogP contribution in [0.5, 0.6) is 0 Å². The SMILES string of the molecule is CCCC(CNC(=O)Nc1cccc(F)c1C)C(=O)O. The number of carbonyl (C=O) groups is 2. The molecular weight excluding hydrogens is 263 g/mol. The lowest BCUT2D eigenvalue weighted by Gasteiger charge is -2.14. The first-order valence-corrected chi connectivity index (χ1v) is 6.48. The first kappa shape index (κ1) is 15.9. The average Bonchev–Trinajstić information content (AvgIpc) is 2.39. The van der Waals surface area contributed by atoms with E-state index < -0.39 is 23.7 Å². The van der Waals surface area contributed by atoms with Crippen molar-refractivity contribution < 1.29 is 19.1 Å². The Morgan fingerprint density at radius 1 is 1.40 bits per heavy atom. The van der Waals surface area contributed by atoms with Gasteiger partial charge in [0.2, 0.25) is 0 Å². The third kappa shape index (κ3) is 4.53. The van der Waals surface area contributed by atoms with Crippen LogP contribution in [-0.2, 0) is 4.79 Å². The van der Waals surface area contributed by atoms with Crippen LogP contribution in [0.15, 0.2) is 18.2 Å². The van der Waals surface area contributed by atoms with E-state index in [1.54, 1.807) is 13.0 Å². The summed E-state index contributed by atoms with van der Waals surface area (Å²) in [6.45, 7) is 3.48. The van der Waals surface area contributed by atoms with E-state index in [1.807, 2.05) is 6.92 Å².